The fraction of sp³-hybridized carbons (Fsp3) is 0.810. The van der Waals surface area contributed by atoms with Crippen LogP contribution in [0.3, 0.4) is 0 Å². The van der Waals surface area contributed by atoms with Crippen LogP contribution >= 0.6 is 11.8 Å². The third-order valence-corrected chi connectivity index (χ3v) is 6.29. The lowest BCUT2D eigenvalue weighted by atomic mass is 9.95. The topological polar surface area (TPSA) is 171 Å². The summed E-state index contributed by atoms with van der Waals surface area (Å²) in [6, 6.07) is -4.20. The molecule has 11 heteroatoms. The first kappa shape index (κ1) is 30.1. The Hall–Kier alpha value is -1.85. The SMILES string of the molecule is CCC(C)C(N)C(=O)NC(C(=O)NC(CCSC)C(=O)NC(C(=O)O)C(C)O)C(C)CC. The van der Waals surface area contributed by atoms with Crippen molar-refractivity contribution in [1.29, 1.82) is 0 Å². The quantitative estimate of drug-likeness (QED) is 0.193. The Morgan fingerprint density at radius 2 is 1.41 bits per heavy atom. The lowest BCUT2D eigenvalue weighted by Crippen LogP contribution is -2.60. The van der Waals surface area contributed by atoms with Crippen molar-refractivity contribution in [1.82, 2.24) is 16.0 Å². The molecule has 10 nitrogen and oxygen atoms in total. The van der Waals surface area contributed by atoms with Gasteiger partial charge in [0.15, 0.2) is 6.04 Å². The Balaban J connectivity index is 5.54. The van der Waals surface area contributed by atoms with Crippen LogP contribution in [0.2, 0.25) is 0 Å². The normalized spacial score (nSPS) is 17.8. The number of aliphatic hydroxyl groups is 1. The van der Waals surface area contributed by atoms with Crippen molar-refractivity contribution in [2.45, 2.75) is 84.2 Å². The number of carbonyl (C=O) groups is 4. The molecule has 7 unspecified atom stereocenters. The lowest BCUT2D eigenvalue weighted by molar-refractivity contribution is -0.145. The van der Waals surface area contributed by atoms with Crippen molar-refractivity contribution >= 4 is 35.5 Å². The van der Waals surface area contributed by atoms with E-state index in [4.69, 9.17) is 5.73 Å². The summed E-state index contributed by atoms with van der Waals surface area (Å²) in [5, 5.41) is 26.5. The molecule has 3 amide bonds. The Morgan fingerprint density at radius 3 is 1.84 bits per heavy atom. The summed E-state index contributed by atoms with van der Waals surface area (Å²) in [6.45, 7) is 8.72. The van der Waals surface area contributed by atoms with Gasteiger partial charge in [0, 0.05) is 0 Å². The molecule has 0 aromatic carbocycles. The van der Waals surface area contributed by atoms with Crippen LogP contribution < -0.4 is 21.7 Å². The number of hydrogen-bond donors (Lipinski definition) is 6. The molecule has 0 heterocycles. The van der Waals surface area contributed by atoms with Crippen molar-refractivity contribution in [2.24, 2.45) is 17.6 Å². The van der Waals surface area contributed by atoms with Gasteiger partial charge in [0.25, 0.3) is 0 Å². The summed E-state index contributed by atoms with van der Waals surface area (Å²) >= 11 is 1.46. The van der Waals surface area contributed by atoms with Crippen LogP contribution in [0.5, 0.6) is 0 Å². The molecule has 0 aromatic rings. The second-order valence-corrected chi connectivity index (χ2v) is 9.18. The Morgan fingerprint density at radius 1 is 0.875 bits per heavy atom. The highest BCUT2D eigenvalue weighted by Crippen LogP contribution is 2.12. The number of aliphatic carboxylic acids is 1. The highest BCUT2D eigenvalue weighted by Gasteiger charge is 2.33. The highest BCUT2D eigenvalue weighted by molar-refractivity contribution is 7.98. The average molecular weight is 477 g/mol. The molecule has 7 atom stereocenters. The van der Waals surface area contributed by atoms with Crippen LogP contribution in [0.15, 0.2) is 0 Å². The van der Waals surface area contributed by atoms with Crippen LogP contribution in [-0.4, -0.2) is 76.2 Å². The number of carboxylic acids is 1. The molecule has 0 saturated heterocycles. The summed E-state index contributed by atoms with van der Waals surface area (Å²) in [5.74, 6) is -2.84. The summed E-state index contributed by atoms with van der Waals surface area (Å²) in [5.41, 5.74) is 6.00. The van der Waals surface area contributed by atoms with Gasteiger partial charge in [-0.1, -0.05) is 40.5 Å². The summed E-state index contributed by atoms with van der Waals surface area (Å²) in [6.07, 6.45) is 2.08. The molecular formula is C21H40N4O6S. The minimum atomic E-state index is -1.50. The zero-order chi connectivity index (χ0) is 25.0. The third-order valence-electron chi connectivity index (χ3n) is 5.64. The number of thioether (sulfide) groups is 1. The molecule has 0 rings (SSSR count). The number of hydrogen-bond acceptors (Lipinski definition) is 7. The van der Waals surface area contributed by atoms with Gasteiger partial charge < -0.3 is 31.9 Å². The molecule has 186 valence electrons. The zero-order valence-electron chi connectivity index (χ0n) is 19.9. The highest BCUT2D eigenvalue weighted by atomic mass is 32.2. The summed E-state index contributed by atoms with van der Waals surface area (Å²) < 4.78 is 0. The van der Waals surface area contributed by atoms with Gasteiger partial charge in [-0.2, -0.15) is 11.8 Å². The molecular weight excluding hydrogens is 436 g/mol. The molecule has 0 aliphatic heterocycles. The molecule has 0 fully saturated rings. The second kappa shape index (κ2) is 15.1. The molecule has 0 spiro atoms. The first-order chi connectivity index (χ1) is 14.9. The molecule has 0 aliphatic rings. The van der Waals surface area contributed by atoms with Gasteiger partial charge in [0.1, 0.15) is 12.1 Å². The fourth-order valence-electron chi connectivity index (χ4n) is 2.87. The maximum atomic E-state index is 13.1. The Labute approximate surface area is 194 Å². The standard InChI is InChI=1S/C21H40N4O6S/c1-7-11(3)15(22)19(28)24-16(12(4)8-2)20(29)23-14(9-10-32-6)18(27)25-17(13(5)26)21(30)31/h11-17,26H,7-10,22H2,1-6H3,(H,23,29)(H,24,28)(H,25,27)(H,30,31). The Bertz CT molecular complexity index is 633. The van der Waals surface area contributed by atoms with E-state index in [1.54, 1.807) is 0 Å². The molecule has 0 radical (unpaired) electrons. The molecule has 32 heavy (non-hydrogen) atoms. The van der Waals surface area contributed by atoms with Crippen LogP contribution in [0.4, 0.5) is 0 Å². The molecule has 0 saturated carbocycles. The number of rotatable bonds is 15. The van der Waals surface area contributed by atoms with E-state index in [0.717, 1.165) is 0 Å². The van der Waals surface area contributed by atoms with E-state index in [9.17, 15) is 29.4 Å². The van der Waals surface area contributed by atoms with Crippen LogP contribution in [-0.2, 0) is 19.2 Å². The van der Waals surface area contributed by atoms with Crippen molar-refractivity contribution in [2.75, 3.05) is 12.0 Å². The van der Waals surface area contributed by atoms with Crippen LogP contribution in [0.1, 0.15) is 53.9 Å². The van der Waals surface area contributed by atoms with Gasteiger partial charge in [-0.15, -0.1) is 0 Å². The van der Waals surface area contributed by atoms with E-state index >= 15 is 0 Å². The first-order valence-corrected chi connectivity index (χ1v) is 12.4. The Kier molecular flexibility index (Phi) is 14.2. The lowest BCUT2D eigenvalue weighted by Gasteiger charge is -2.29. The van der Waals surface area contributed by atoms with Crippen LogP contribution in [0.25, 0.3) is 0 Å². The average Bonchev–Trinajstić information content (AvgIpc) is 2.75. The minimum Gasteiger partial charge on any atom is -0.480 e. The van der Waals surface area contributed by atoms with Gasteiger partial charge in [-0.3, -0.25) is 14.4 Å². The summed E-state index contributed by atoms with van der Waals surface area (Å²) in [4.78, 5) is 49.6. The smallest absolute Gasteiger partial charge is 0.328 e. The number of amides is 3. The third kappa shape index (κ3) is 9.74. The maximum Gasteiger partial charge on any atom is 0.328 e. The van der Waals surface area contributed by atoms with Gasteiger partial charge in [0.05, 0.1) is 12.1 Å². The summed E-state index contributed by atoms with van der Waals surface area (Å²) in [7, 11) is 0. The van der Waals surface area contributed by atoms with E-state index in [1.807, 2.05) is 34.0 Å². The second-order valence-electron chi connectivity index (χ2n) is 8.19. The largest absolute Gasteiger partial charge is 0.480 e. The fourth-order valence-corrected chi connectivity index (χ4v) is 3.34. The molecule has 0 aliphatic carbocycles. The maximum absolute atomic E-state index is 13.1. The van der Waals surface area contributed by atoms with Crippen molar-refractivity contribution in [3.63, 3.8) is 0 Å². The number of aliphatic hydroxyl groups excluding tert-OH is 1. The zero-order valence-corrected chi connectivity index (χ0v) is 20.7. The van der Waals surface area contributed by atoms with Crippen molar-refractivity contribution in [3.8, 4) is 0 Å². The number of nitrogens with two attached hydrogens (primary N) is 1. The predicted molar refractivity (Wildman–Crippen MR) is 125 cm³/mol. The van der Waals surface area contributed by atoms with Gasteiger partial charge in [0.2, 0.25) is 17.7 Å². The predicted octanol–water partition coefficient (Wildman–Crippen LogP) is 0.0788. The van der Waals surface area contributed by atoms with Crippen molar-refractivity contribution < 1.29 is 29.4 Å². The van der Waals surface area contributed by atoms with Gasteiger partial charge in [-0.25, -0.2) is 4.79 Å². The van der Waals surface area contributed by atoms with E-state index < -0.39 is 54.0 Å². The number of nitrogens with one attached hydrogen (secondary N) is 3. The van der Waals surface area contributed by atoms with E-state index in [-0.39, 0.29) is 18.3 Å². The molecule has 0 aromatic heterocycles. The van der Waals surface area contributed by atoms with Crippen molar-refractivity contribution in [3.05, 3.63) is 0 Å². The number of carbonyl (C=O) groups excluding carboxylic acids is 3. The molecule has 7 N–H and O–H groups in total. The van der Waals surface area contributed by atoms with Gasteiger partial charge >= 0.3 is 5.97 Å². The van der Waals surface area contributed by atoms with E-state index in [1.165, 1.54) is 18.7 Å². The molecule has 0 bridgehead atoms. The van der Waals surface area contributed by atoms with E-state index in [0.29, 0.717) is 18.6 Å². The monoisotopic (exact) mass is 476 g/mol. The first-order valence-electron chi connectivity index (χ1n) is 11.0. The number of carboxylic acid groups (broad SMARTS) is 1. The van der Waals surface area contributed by atoms with Crippen LogP contribution in [0, 0.1) is 11.8 Å². The van der Waals surface area contributed by atoms with Gasteiger partial charge in [-0.05, 0) is 37.2 Å². The van der Waals surface area contributed by atoms with E-state index in [2.05, 4.69) is 16.0 Å². The minimum absolute atomic E-state index is 0.0656.